The van der Waals surface area contributed by atoms with E-state index in [2.05, 4.69) is 17.1 Å². The van der Waals surface area contributed by atoms with Gasteiger partial charge in [-0.1, -0.05) is 0 Å². The number of ether oxygens (including phenoxy) is 1. The Morgan fingerprint density at radius 1 is 1.56 bits per heavy atom. The molecule has 2 fully saturated rings. The van der Waals surface area contributed by atoms with Gasteiger partial charge in [-0.15, -0.1) is 0 Å². The molecule has 1 amide bonds. The van der Waals surface area contributed by atoms with Gasteiger partial charge < -0.3 is 19.1 Å². The molecule has 2 aliphatic heterocycles. The first-order valence-corrected chi connectivity index (χ1v) is 6.19. The van der Waals surface area contributed by atoms with Crippen molar-refractivity contribution in [3.05, 3.63) is 11.8 Å². The molecule has 98 valence electrons. The summed E-state index contributed by atoms with van der Waals surface area (Å²) in [6.07, 6.45) is 1.08. The maximum Gasteiger partial charge on any atom is 0.292 e. The van der Waals surface area contributed by atoms with Crippen LogP contribution >= 0.6 is 0 Å². The quantitative estimate of drug-likeness (QED) is 0.764. The number of hydrogen-bond acceptors (Lipinski definition) is 5. The molecule has 0 radical (unpaired) electrons. The van der Waals surface area contributed by atoms with Crippen molar-refractivity contribution in [3.8, 4) is 5.88 Å². The average molecular weight is 251 g/mol. The maximum atomic E-state index is 12.3. The van der Waals surface area contributed by atoms with Crippen LogP contribution in [0.3, 0.4) is 0 Å². The predicted molar refractivity (Wildman–Crippen MR) is 63.5 cm³/mol. The molecular weight excluding hydrogens is 234 g/mol. The van der Waals surface area contributed by atoms with E-state index in [1.165, 1.54) is 7.11 Å². The third-order valence-corrected chi connectivity index (χ3v) is 3.90. The van der Waals surface area contributed by atoms with Crippen molar-refractivity contribution in [2.24, 2.45) is 5.92 Å². The molecule has 2 saturated heterocycles. The van der Waals surface area contributed by atoms with Crippen molar-refractivity contribution in [2.45, 2.75) is 12.5 Å². The van der Waals surface area contributed by atoms with E-state index >= 15 is 0 Å². The number of hydrogen-bond donors (Lipinski definition) is 0. The van der Waals surface area contributed by atoms with Crippen molar-refractivity contribution in [2.75, 3.05) is 33.8 Å². The lowest BCUT2D eigenvalue weighted by molar-refractivity contribution is 0.0687. The summed E-state index contributed by atoms with van der Waals surface area (Å²) >= 11 is 0. The third-order valence-electron chi connectivity index (χ3n) is 3.90. The summed E-state index contributed by atoms with van der Waals surface area (Å²) in [6.45, 7) is 2.83. The highest BCUT2D eigenvalue weighted by atomic mass is 16.5. The van der Waals surface area contributed by atoms with Gasteiger partial charge in [0.2, 0.25) is 5.76 Å². The monoisotopic (exact) mass is 251 g/mol. The highest BCUT2D eigenvalue weighted by Crippen LogP contribution is 2.31. The Labute approximate surface area is 105 Å². The molecule has 6 heteroatoms. The van der Waals surface area contributed by atoms with Gasteiger partial charge in [-0.3, -0.25) is 4.79 Å². The molecule has 0 aliphatic carbocycles. The van der Waals surface area contributed by atoms with Crippen molar-refractivity contribution in [1.82, 2.24) is 15.0 Å². The smallest absolute Gasteiger partial charge is 0.292 e. The van der Waals surface area contributed by atoms with Gasteiger partial charge in [0.05, 0.1) is 13.2 Å². The van der Waals surface area contributed by atoms with Crippen LogP contribution in [0.2, 0.25) is 0 Å². The summed E-state index contributed by atoms with van der Waals surface area (Å²) in [6, 6.07) is 1.87. The van der Waals surface area contributed by atoms with Gasteiger partial charge >= 0.3 is 0 Å². The minimum atomic E-state index is -0.0754. The van der Waals surface area contributed by atoms with E-state index < -0.39 is 0 Å². The molecular formula is C12H17N3O3. The van der Waals surface area contributed by atoms with Crippen LogP contribution in [0.25, 0.3) is 0 Å². The zero-order valence-electron chi connectivity index (χ0n) is 10.6. The highest BCUT2D eigenvalue weighted by Gasteiger charge is 2.43. The lowest BCUT2D eigenvalue weighted by Crippen LogP contribution is -2.39. The van der Waals surface area contributed by atoms with Gasteiger partial charge in [0, 0.05) is 25.7 Å². The lowest BCUT2D eigenvalue weighted by Gasteiger charge is -2.22. The van der Waals surface area contributed by atoms with Gasteiger partial charge in [-0.25, -0.2) is 0 Å². The second kappa shape index (κ2) is 4.28. The fourth-order valence-corrected chi connectivity index (χ4v) is 3.02. The summed E-state index contributed by atoms with van der Waals surface area (Å²) in [5.74, 6) is 1.14. The molecule has 0 bridgehead atoms. The zero-order chi connectivity index (χ0) is 12.7. The number of rotatable bonds is 2. The molecule has 0 spiro atoms. The fraction of sp³-hybridized carbons (Fsp3) is 0.667. The van der Waals surface area contributed by atoms with Crippen LogP contribution in [0.1, 0.15) is 17.0 Å². The standard InChI is InChI=1S/C12H17N3O3/c1-14-6-8-3-4-15(9(8)7-14)12(16)10-5-11(17-2)13-18-10/h5,8-9H,3-4,6-7H2,1-2H3/t8-,9+/m0/s1. The number of aromatic nitrogens is 1. The van der Waals surface area contributed by atoms with Gasteiger partial charge in [0.15, 0.2) is 0 Å². The summed E-state index contributed by atoms with van der Waals surface area (Å²) in [7, 11) is 3.60. The maximum absolute atomic E-state index is 12.3. The van der Waals surface area contributed by atoms with Gasteiger partial charge in [-0.2, -0.15) is 0 Å². The second-order valence-corrected chi connectivity index (χ2v) is 5.07. The number of likely N-dealkylation sites (tertiary alicyclic amines) is 2. The van der Waals surface area contributed by atoms with E-state index in [4.69, 9.17) is 9.26 Å². The van der Waals surface area contributed by atoms with E-state index in [0.717, 1.165) is 26.1 Å². The van der Waals surface area contributed by atoms with Crippen LogP contribution in [0.15, 0.2) is 10.6 Å². The number of carbonyl (C=O) groups is 1. The van der Waals surface area contributed by atoms with Crippen LogP contribution in [-0.4, -0.2) is 60.7 Å². The van der Waals surface area contributed by atoms with Gasteiger partial charge in [0.1, 0.15) is 0 Å². The highest BCUT2D eigenvalue weighted by molar-refractivity contribution is 5.92. The normalized spacial score (nSPS) is 27.6. The number of fused-ring (bicyclic) bond motifs is 1. The predicted octanol–water partition coefficient (Wildman–Crippen LogP) is 0.459. The average Bonchev–Trinajstić information content (AvgIpc) is 3.01. The Balaban J connectivity index is 1.76. The van der Waals surface area contributed by atoms with Crippen LogP contribution < -0.4 is 4.74 Å². The van der Waals surface area contributed by atoms with Crippen molar-refractivity contribution >= 4 is 5.91 Å². The SMILES string of the molecule is COc1cc(C(=O)N2CC[C@H]3CN(C)C[C@H]32)on1. The Morgan fingerprint density at radius 3 is 3.11 bits per heavy atom. The fourth-order valence-electron chi connectivity index (χ4n) is 3.02. The van der Waals surface area contributed by atoms with Gasteiger partial charge in [-0.05, 0) is 24.5 Å². The first-order valence-electron chi connectivity index (χ1n) is 6.19. The van der Waals surface area contributed by atoms with E-state index in [1.54, 1.807) is 6.07 Å². The number of likely N-dealkylation sites (N-methyl/N-ethyl adjacent to an activating group) is 1. The molecule has 6 nitrogen and oxygen atoms in total. The minimum absolute atomic E-state index is 0.0754. The summed E-state index contributed by atoms with van der Waals surface area (Å²) in [4.78, 5) is 16.5. The first-order chi connectivity index (χ1) is 8.69. The topological polar surface area (TPSA) is 58.8 Å². The van der Waals surface area contributed by atoms with Crippen LogP contribution in [0, 0.1) is 5.92 Å². The molecule has 2 atom stereocenters. The minimum Gasteiger partial charge on any atom is -0.479 e. The molecule has 2 aliphatic rings. The Kier molecular flexibility index (Phi) is 2.74. The van der Waals surface area contributed by atoms with Crippen LogP contribution in [0.5, 0.6) is 5.88 Å². The zero-order valence-corrected chi connectivity index (χ0v) is 10.6. The van der Waals surface area contributed by atoms with Crippen molar-refractivity contribution in [1.29, 1.82) is 0 Å². The number of nitrogens with zero attached hydrogens (tertiary/aromatic N) is 3. The molecule has 1 aromatic heterocycles. The molecule has 0 saturated carbocycles. The van der Waals surface area contributed by atoms with Crippen molar-refractivity contribution in [3.63, 3.8) is 0 Å². The summed E-state index contributed by atoms with van der Waals surface area (Å²) in [5.41, 5.74) is 0. The van der Waals surface area contributed by atoms with Crippen LogP contribution in [0.4, 0.5) is 0 Å². The largest absolute Gasteiger partial charge is 0.479 e. The third kappa shape index (κ3) is 1.77. The summed E-state index contributed by atoms with van der Waals surface area (Å²) in [5, 5.41) is 3.67. The van der Waals surface area contributed by atoms with E-state index in [9.17, 15) is 4.79 Å². The van der Waals surface area contributed by atoms with E-state index in [0.29, 0.717) is 17.8 Å². The second-order valence-electron chi connectivity index (χ2n) is 5.07. The van der Waals surface area contributed by atoms with Crippen LogP contribution in [-0.2, 0) is 0 Å². The van der Waals surface area contributed by atoms with E-state index in [1.807, 2.05) is 4.90 Å². The number of amides is 1. The Bertz CT molecular complexity index is 459. The molecule has 0 N–H and O–H groups in total. The Morgan fingerprint density at radius 2 is 2.39 bits per heavy atom. The molecule has 3 rings (SSSR count). The summed E-state index contributed by atoms with van der Waals surface area (Å²) < 4.78 is 9.95. The van der Waals surface area contributed by atoms with Crippen molar-refractivity contribution < 1.29 is 14.1 Å². The van der Waals surface area contributed by atoms with Gasteiger partial charge in [0.25, 0.3) is 11.8 Å². The lowest BCUT2D eigenvalue weighted by atomic mass is 10.1. The molecule has 18 heavy (non-hydrogen) atoms. The molecule has 3 heterocycles. The first kappa shape index (κ1) is 11.5. The number of methoxy groups -OCH3 is 1. The molecule has 0 aromatic carbocycles. The molecule has 0 unspecified atom stereocenters. The Hall–Kier alpha value is -1.56. The van der Waals surface area contributed by atoms with E-state index in [-0.39, 0.29) is 11.7 Å². The number of carbonyl (C=O) groups excluding carboxylic acids is 1. The molecule has 1 aromatic rings.